The average molecular weight is 376 g/mol. The molecule has 28 heavy (non-hydrogen) atoms. The van der Waals surface area contributed by atoms with Gasteiger partial charge < -0.3 is 20.7 Å². The van der Waals surface area contributed by atoms with Crippen molar-refractivity contribution < 1.29 is 14.7 Å². The number of hydrogen-bond acceptors (Lipinski definition) is 4. The molecule has 3 heterocycles. The zero-order chi connectivity index (χ0) is 20.2. The van der Waals surface area contributed by atoms with Crippen molar-refractivity contribution in [2.75, 3.05) is 7.05 Å². The highest BCUT2D eigenvalue weighted by Crippen LogP contribution is 2.47. The quantitative estimate of drug-likeness (QED) is 0.690. The van der Waals surface area contributed by atoms with Crippen LogP contribution in [0.5, 0.6) is 0 Å². The Morgan fingerprint density at radius 2 is 2.07 bits per heavy atom. The summed E-state index contributed by atoms with van der Waals surface area (Å²) in [5.74, 6) is 5.12. The van der Waals surface area contributed by atoms with E-state index >= 15 is 0 Å². The number of rotatable bonds is 2. The van der Waals surface area contributed by atoms with E-state index in [1.807, 2.05) is 18.2 Å². The predicted molar refractivity (Wildman–Crippen MR) is 104 cm³/mol. The minimum Gasteiger partial charge on any atom is -0.378 e. The van der Waals surface area contributed by atoms with Gasteiger partial charge in [0.15, 0.2) is 5.69 Å². The van der Waals surface area contributed by atoms with Gasteiger partial charge in [0.25, 0.3) is 11.8 Å². The van der Waals surface area contributed by atoms with Gasteiger partial charge in [-0.15, -0.1) is 0 Å². The molecule has 2 aliphatic heterocycles. The molecular formula is C21H20N4O3. The van der Waals surface area contributed by atoms with Crippen molar-refractivity contribution in [2.24, 2.45) is 5.73 Å². The largest absolute Gasteiger partial charge is 0.378 e. The molecule has 3 aliphatic rings. The Bertz CT molecular complexity index is 1120. The number of aliphatic hydroxyl groups is 1. The molecule has 0 radical (unpaired) electrons. The summed E-state index contributed by atoms with van der Waals surface area (Å²) in [6.07, 6.45) is 2.81. The number of nitrogens with two attached hydrogens (primary N) is 1. The smallest absolute Gasteiger partial charge is 0.270 e. The van der Waals surface area contributed by atoms with Gasteiger partial charge >= 0.3 is 0 Å². The molecule has 1 atom stereocenters. The molecule has 5 rings (SSSR count). The first-order valence-corrected chi connectivity index (χ1v) is 8.95. The number of benzene rings is 1. The summed E-state index contributed by atoms with van der Waals surface area (Å²) in [5, 5.41) is 12.4. The molecule has 0 fully saturated rings. The van der Waals surface area contributed by atoms with Gasteiger partial charge in [-0.05, 0) is 43.5 Å². The van der Waals surface area contributed by atoms with E-state index in [-0.39, 0.29) is 17.4 Å². The van der Waals surface area contributed by atoms with Crippen LogP contribution in [0.25, 0.3) is 17.0 Å². The topological polar surface area (TPSA) is 110 Å². The molecule has 0 saturated heterocycles. The van der Waals surface area contributed by atoms with Crippen LogP contribution in [0.1, 0.15) is 58.4 Å². The molecule has 1 aromatic carbocycles. The van der Waals surface area contributed by atoms with Gasteiger partial charge in [0.2, 0.25) is 0 Å². The van der Waals surface area contributed by atoms with Gasteiger partial charge in [-0.1, -0.05) is 24.0 Å². The molecule has 1 aromatic heterocycles. The number of nitrogens with zero attached hydrogens (tertiary/aromatic N) is 2. The number of hydrogen-bond donors (Lipinski definition) is 3. The van der Waals surface area contributed by atoms with E-state index in [0.717, 1.165) is 23.1 Å². The maximum Gasteiger partial charge on any atom is 0.270 e. The van der Waals surface area contributed by atoms with Crippen LogP contribution in [0.15, 0.2) is 24.3 Å². The van der Waals surface area contributed by atoms with Gasteiger partial charge in [-0.25, -0.2) is 4.98 Å². The molecule has 7 heteroatoms. The van der Waals surface area contributed by atoms with Crippen molar-refractivity contribution in [1.29, 1.82) is 0 Å². The third-order valence-electron chi connectivity index (χ3n) is 4.86. The molecule has 2 amide bonds. The van der Waals surface area contributed by atoms with E-state index in [4.69, 9.17) is 5.73 Å². The van der Waals surface area contributed by atoms with E-state index in [1.54, 1.807) is 18.4 Å². The molecule has 0 spiro atoms. The highest BCUT2D eigenvalue weighted by atomic mass is 16.3. The minimum absolute atomic E-state index is 0.0444. The number of aromatic nitrogens is 2. The van der Waals surface area contributed by atoms with Gasteiger partial charge in [0, 0.05) is 18.2 Å². The van der Waals surface area contributed by atoms with Crippen LogP contribution in [0.3, 0.4) is 0 Å². The number of nitrogens with one attached hydrogen (secondary N) is 1. The van der Waals surface area contributed by atoms with Crippen molar-refractivity contribution in [3.63, 3.8) is 0 Å². The lowest BCUT2D eigenvalue weighted by Crippen LogP contribution is -2.28. The van der Waals surface area contributed by atoms with Crippen LogP contribution in [0, 0.1) is 11.8 Å². The van der Waals surface area contributed by atoms with E-state index in [0.29, 0.717) is 11.4 Å². The fourth-order valence-electron chi connectivity index (χ4n) is 3.55. The average Bonchev–Trinajstić information content (AvgIpc) is 2.87. The highest BCUT2D eigenvalue weighted by molar-refractivity contribution is 6.06. The summed E-state index contributed by atoms with van der Waals surface area (Å²) < 4.78 is 1.78. The normalized spacial score (nSPS) is 16.4. The lowest BCUT2D eigenvalue weighted by Gasteiger charge is -2.26. The Kier molecular flexibility index (Phi) is 3.91. The summed E-state index contributed by atoms with van der Waals surface area (Å²) >= 11 is 0. The number of primary amides is 1. The zero-order valence-electron chi connectivity index (χ0n) is 15.8. The summed E-state index contributed by atoms with van der Waals surface area (Å²) in [6, 6.07) is 5.65. The van der Waals surface area contributed by atoms with E-state index in [9.17, 15) is 14.7 Å². The Hall–Kier alpha value is -3.37. The summed E-state index contributed by atoms with van der Waals surface area (Å²) in [6.45, 7) is 3.23. The highest BCUT2D eigenvalue weighted by Gasteiger charge is 2.37. The second kappa shape index (κ2) is 6.08. The molecule has 142 valence electrons. The van der Waals surface area contributed by atoms with E-state index < -0.39 is 17.4 Å². The third-order valence-corrected chi connectivity index (χ3v) is 4.86. The van der Waals surface area contributed by atoms with E-state index in [2.05, 4.69) is 28.2 Å². The molecule has 4 N–H and O–H groups in total. The van der Waals surface area contributed by atoms with Gasteiger partial charge in [0.1, 0.15) is 17.1 Å². The first-order chi connectivity index (χ1) is 13.2. The van der Waals surface area contributed by atoms with Crippen molar-refractivity contribution in [3.8, 4) is 23.2 Å². The predicted octanol–water partition coefficient (Wildman–Crippen LogP) is 1.47. The lowest BCUT2D eigenvalue weighted by molar-refractivity contribution is 0.0933. The fourth-order valence-corrected chi connectivity index (χ4v) is 3.55. The minimum atomic E-state index is -1.11. The fraction of sp³-hybridized carbons (Fsp3) is 0.286. The number of imidazole rings is 1. The van der Waals surface area contributed by atoms with Crippen molar-refractivity contribution in [3.05, 3.63) is 46.8 Å². The van der Waals surface area contributed by atoms with Crippen LogP contribution in [-0.2, 0) is 0 Å². The number of allylic oxidation sites excluding steroid dienone is 2. The van der Waals surface area contributed by atoms with Gasteiger partial charge in [-0.2, -0.15) is 0 Å². The number of carbonyl (C=O) groups is 2. The number of carbonyl (C=O) groups excluding carboxylic acids is 2. The van der Waals surface area contributed by atoms with Crippen LogP contribution >= 0.6 is 0 Å². The first kappa shape index (κ1) is 18.0. The maximum absolute atomic E-state index is 12.5. The second-order valence-corrected chi connectivity index (χ2v) is 7.48. The Morgan fingerprint density at radius 3 is 2.68 bits per heavy atom. The van der Waals surface area contributed by atoms with Crippen LogP contribution in [-0.4, -0.2) is 39.1 Å². The first-order valence-electron chi connectivity index (χ1n) is 8.95. The Labute approximate surface area is 162 Å². The van der Waals surface area contributed by atoms with Gasteiger partial charge in [-0.3, -0.25) is 9.59 Å². The molecular weight excluding hydrogens is 356 g/mol. The number of amides is 2. The molecule has 2 aromatic rings. The van der Waals surface area contributed by atoms with Crippen molar-refractivity contribution in [1.82, 2.24) is 14.9 Å². The Balaban J connectivity index is 1.97. The molecule has 1 unspecified atom stereocenters. The standard InChI is InChI=1S/C21H20N4O3/c1-21(2,28)7-6-11-4-5-14-12-9-13(10-12)25-17(20(27)23-3)16(18(22)26)24-19(25)15(14)8-11/h4-5,8-9,13,28H,10H2,1-3H3,(H2,22,26)(H,23,27). The summed E-state index contributed by atoms with van der Waals surface area (Å²) in [5.41, 5.74) is 8.17. The van der Waals surface area contributed by atoms with Crippen molar-refractivity contribution in [2.45, 2.75) is 31.9 Å². The van der Waals surface area contributed by atoms with E-state index in [1.165, 1.54) is 7.05 Å². The second-order valence-electron chi connectivity index (χ2n) is 7.48. The van der Waals surface area contributed by atoms with Crippen LogP contribution < -0.4 is 11.1 Å². The lowest BCUT2D eigenvalue weighted by atomic mass is 9.86. The summed E-state index contributed by atoms with van der Waals surface area (Å²) in [7, 11) is 1.50. The maximum atomic E-state index is 12.5. The Morgan fingerprint density at radius 1 is 1.36 bits per heavy atom. The van der Waals surface area contributed by atoms with Crippen LogP contribution in [0.4, 0.5) is 0 Å². The monoisotopic (exact) mass is 376 g/mol. The van der Waals surface area contributed by atoms with Crippen LogP contribution in [0.2, 0.25) is 0 Å². The van der Waals surface area contributed by atoms with Gasteiger partial charge in [0.05, 0.1) is 6.04 Å². The zero-order valence-corrected chi connectivity index (χ0v) is 15.8. The summed E-state index contributed by atoms with van der Waals surface area (Å²) in [4.78, 5) is 28.9. The molecule has 1 aliphatic carbocycles. The molecule has 2 bridgehead atoms. The van der Waals surface area contributed by atoms with Crippen molar-refractivity contribution >= 4 is 17.4 Å². The molecule has 0 saturated carbocycles. The third kappa shape index (κ3) is 2.79. The SMILES string of the molecule is CNC(=O)c1c(C(N)=O)nc2n1C1C=C(C1)c1ccc(C#CC(C)(C)O)cc1-2. The molecule has 7 nitrogen and oxygen atoms in total.